The summed E-state index contributed by atoms with van der Waals surface area (Å²) in [7, 11) is 0. The molecule has 9 heteroatoms. The van der Waals surface area contributed by atoms with E-state index in [0.717, 1.165) is 25.9 Å². The summed E-state index contributed by atoms with van der Waals surface area (Å²) in [5.41, 5.74) is 0.394. The molecule has 0 radical (unpaired) electrons. The van der Waals surface area contributed by atoms with E-state index in [0.29, 0.717) is 35.7 Å². The number of pyridine rings is 1. The number of nitrogens with one attached hydrogen (secondary N) is 1. The van der Waals surface area contributed by atoms with Crippen LogP contribution in [0.3, 0.4) is 0 Å². The number of fused-ring (bicyclic) bond motifs is 2. The van der Waals surface area contributed by atoms with Gasteiger partial charge in [0.25, 0.3) is 5.56 Å². The maximum absolute atomic E-state index is 15.0. The molecular weight excluding hydrogens is 383 g/mol. The summed E-state index contributed by atoms with van der Waals surface area (Å²) >= 11 is 1.18. The number of aromatic amines is 1. The molecule has 7 nitrogen and oxygen atoms in total. The first kappa shape index (κ1) is 17.8. The van der Waals surface area contributed by atoms with Crippen LogP contribution in [0.5, 0.6) is 0 Å². The summed E-state index contributed by atoms with van der Waals surface area (Å²) in [6, 6.07) is 3.31. The van der Waals surface area contributed by atoms with Crippen LogP contribution < -0.4 is 15.9 Å². The van der Waals surface area contributed by atoms with E-state index in [1.165, 1.54) is 17.6 Å². The molecular formula is C19H21FN4O3S. The van der Waals surface area contributed by atoms with Gasteiger partial charge >= 0.3 is 0 Å². The van der Waals surface area contributed by atoms with E-state index in [1.807, 2.05) is 9.47 Å². The molecule has 0 bridgehead atoms. The van der Waals surface area contributed by atoms with Gasteiger partial charge in [-0.2, -0.15) is 0 Å². The minimum atomic E-state index is -0.437. The summed E-state index contributed by atoms with van der Waals surface area (Å²) in [4.78, 5) is 29.8. The third kappa shape index (κ3) is 2.76. The SMILES string of the molecule is O=c1[nH]sc2c1c(=O)c1cc(F)c(N3CCN(CCO)CC3)cc1n2C1CC1. The third-order valence-electron chi connectivity index (χ3n) is 5.74. The van der Waals surface area contributed by atoms with Crippen LogP contribution in [0.4, 0.5) is 10.1 Å². The van der Waals surface area contributed by atoms with Gasteiger partial charge in [-0.1, -0.05) is 0 Å². The monoisotopic (exact) mass is 404 g/mol. The van der Waals surface area contributed by atoms with E-state index in [-0.39, 0.29) is 23.4 Å². The number of hydrogen-bond donors (Lipinski definition) is 2. The molecule has 28 heavy (non-hydrogen) atoms. The highest BCUT2D eigenvalue weighted by atomic mass is 32.1. The lowest BCUT2D eigenvalue weighted by Crippen LogP contribution is -2.47. The van der Waals surface area contributed by atoms with Crippen molar-refractivity contribution in [3.63, 3.8) is 0 Å². The quantitative estimate of drug-likeness (QED) is 0.689. The van der Waals surface area contributed by atoms with Crippen molar-refractivity contribution in [2.45, 2.75) is 18.9 Å². The Morgan fingerprint density at radius 3 is 2.61 bits per heavy atom. The molecule has 0 amide bonds. The van der Waals surface area contributed by atoms with E-state index >= 15 is 0 Å². The average Bonchev–Trinajstić information content (AvgIpc) is 3.45. The molecule has 5 rings (SSSR count). The van der Waals surface area contributed by atoms with Crippen LogP contribution in [0, 0.1) is 5.82 Å². The number of halogens is 1. The number of aliphatic hydroxyl groups excluding tert-OH is 1. The van der Waals surface area contributed by atoms with Gasteiger partial charge in [0.1, 0.15) is 16.0 Å². The van der Waals surface area contributed by atoms with Crippen LogP contribution in [-0.2, 0) is 0 Å². The molecule has 0 atom stereocenters. The van der Waals surface area contributed by atoms with Crippen molar-refractivity contribution in [3.05, 3.63) is 38.5 Å². The molecule has 2 aromatic heterocycles. The van der Waals surface area contributed by atoms with E-state index < -0.39 is 16.8 Å². The van der Waals surface area contributed by atoms with E-state index in [4.69, 9.17) is 5.11 Å². The normalized spacial score (nSPS) is 18.4. The van der Waals surface area contributed by atoms with Crippen molar-refractivity contribution in [2.24, 2.45) is 0 Å². The molecule has 148 valence electrons. The molecule has 0 unspecified atom stereocenters. The van der Waals surface area contributed by atoms with Gasteiger partial charge in [-0.3, -0.25) is 18.9 Å². The first-order valence-corrected chi connectivity index (χ1v) is 10.4. The molecule has 3 aromatic rings. The second-order valence-corrected chi connectivity index (χ2v) is 8.31. The summed E-state index contributed by atoms with van der Waals surface area (Å²) in [6.45, 7) is 3.58. The lowest BCUT2D eigenvalue weighted by Gasteiger charge is -2.36. The molecule has 2 fully saturated rings. The van der Waals surface area contributed by atoms with Crippen molar-refractivity contribution in [3.8, 4) is 0 Å². The zero-order valence-electron chi connectivity index (χ0n) is 15.3. The van der Waals surface area contributed by atoms with Gasteiger partial charge in [-0.05, 0) is 36.5 Å². The minimum absolute atomic E-state index is 0.119. The highest BCUT2D eigenvalue weighted by Gasteiger charge is 2.30. The first-order chi connectivity index (χ1) is 13.6. The predicted octanol–water partition coefficient (Wildman–Crippen LogP) is 1.49. The molecule has 1 aromatic carbocycles. The minimum Gasteiger partial charge on any atom is -0.395 e. The van der Waals surface area contributed by atoms with Crippen LogP contribution in [0.25, 0.3) is 21.1 Å². The fourth-order valence-electron chi connectivity index (χ4n) is 4.13. The van der Waals surface area contributed by atoms with Gasteiger partial charge in [0, 0.05) is 44.2 Å². The van der Waals surface area contributed by atoms with Gasteiger partial charge in [-0.25, -0.2) is 4.39 Å². The van der Waals surface area contributed by atoms with Crippen LogP contribution in [0.1, 0.15) is 18.9 Å². The van der Waals surface area contributed by atoms with Gasteiger partial charge in [-0.15, -0.1) is 0 Å². The number of H-pyrrole nitrogens is 1. The smallest absolute Gasteiger partial charge is 0.271 e. The van der Waals surface area contributed by atoms with Gasteiger partial charge in [0.05, 0.1) is 17.8 Å². The van der Waals surface area contributed by atoms with Gasteiger partial charge in [0.15, 0.2) is 0 Å². The van der Waals surface area contributed by atoms with Crippen LogP contribution in [-0.4, -0.2) is 58.3 Å². The molecule has 3 heterocycles. The summed E-state index contributed by atoms with van der Waals surface area (Å²) in [5.74, 6) is -0.437. The number of aliphatic hydroxyl groups is 1. The molecule has 0 spiro atoms. The summed E-state index contributed by atoms with van der Waals surface area (Å²) < 4.78 is 19.7. The van der Waals surface area contributed by atoms with Crippen LogP contribution >= 0.6 is 11.5 Å². The van der Waals surface area contributed by atoms with Gasteiger partial charge < -0.3 is 14.6 Å². The fourth-order valence-corrected chi connectivity index (χ4v) is 5.06. The lowest BCUT2D eigenvalue weighted by molar-refractivity contribution is 0.188. The fraction of sp³-hybridized carbons (Fsp3) is 0.474. The number of anilines is 1. The van der Waals surface area contributed by atoms with Crippen molar-refractivity contribution in [2.75, 3.05) is 44.2 Å². The maximum atomic E-state index is 15.0. The number of hydrogen-bond acceptors (Lipinski definition) is 6. The number of rotatable bonds is 4. The molecule has 1 aliphatic carbocycles. The van der Waals surface area contributed by atoms with Crippen LogP contribution in [0.15, 0.2) is 21.7 Å². The standard InChI is InChI=1S/C19H21FN4O3S/c20-13-9-12-14(10-15(13)23-5-3-22(4-6-23)7-8-25)24(11-1-2-11)19-16(17(12)26)18(27)21-28-19/h9-11,25H,1-8H2,(H,21,27). The second kappa shape index (κ2) is 6.68. The van der Waals surface area contributed by atoms with E-state index in [9.17, 15) is 14.0 Å². The maximum Gasteiger partial charge on any atom is 0.271 e. The third-order valence-corrected chi connectivity index (χ3v) is 6.62. The molecule has 2 N–H and O–H groups in total. The van der Waals surface area contributed by atoms with Crippen molar-refractivity contribution in [1.82, 2.24) is 13.8 Å². The number of β-amino-alcohol motifs (C(OH)–C–C–N with tert-alkyl or cyclic N) is 1. The zero-order valence-corrected chi connectivity index (χ0v) is 16.1. The summed E-state index contributed by atoms with van der Waals surface area (Å²) in [6.07, 6.45) is 1.98. The Hall–Kier alpha value is -2.23. The lowest BCUT2D eigenvalue weighted by atomic mass is 10.1. The number of nitrogens with zero attached hydrogens (tertiary/aromatic N) is 3. The topological polar surface area (TPSA) is 81.6 Å². The van der Waals surface area contributed by atoms with Crippen molar-refractivity contribution in [1.29, 1.82) is 0 Å². The highest BCUT2D eigenvalue weighted by Crippen LogP contribution is 2.40. The van der Waals surface area contributed by atoms with E-state index in [1.54, 1.807) is 6.07 Å². The number of aromatic nitrogens is 2. The molecule has 1 saturated carbocycles. The number of benzene rings is 1. The Morgan fingerprint density at radius 2 is 1.93 bits per heavy atom. The second-order valence-electron chi connectivity index (χ2n) is 7.52. The number of piperazine rings is 1. The van der Waals surface area contributed by atoms with Crippen LogP contribution in [0.2, 0.25) is 0 Å². The Labute approximate surface area is 163 Å². The molecule has 1 aliphatic heterocycles. The highest BCUT2D eigenvalue weighted by molar-refractivity contribution is 7.12. The molecule has 1 saturated heterocycles. The average molecular weight is 404 g/mol. The Bertz CT molecular complexity index is 1170. The Kier molecular flexibility index (Phi) is 4.26. The van der Waals surface area contributed by atoms with Crippen molar-refractivity contribution < 1.29 is 9.50 Å². The van der Waals surface area contributed by atoms with Gasteiger partial charge in [0.2, 0.25) is 5.43 Å². The van der Waals surface area contributed by atoms with Crippen molar-refractivity contribution >= 4 is 38.3 Å². The first-order valence-electron chi connectivity index (χ1n) is 9.55. The zero-order chi connectivity index (χ0) is 19.4. The largest absolute Gasteiger partial charge is 0.395 e. The Morgan fingerprint density at radius 1 is 1.18 bits per heavy atom. The summed E-state index contributed by atoms with van der Waals surface area (Å²) in [5, 5.41) is 9.50. The Balaban J connectivity index is 1.66. The predicted molar refractivity (Wildman–Crippen MR) is 108 cm³/mol. The van der Waals surface area contributed by atoms with E-state index in [2.05, 4.69) is 9.27 Å². The molecule has 2 aliphatic rings.